The van der Waals surface area contributed by atoms with Crippen molar-refractivity contribution in [1.29, 1.82) is 0 Å². The van der Waals surface area contributed by atoms with E-state index in [0.29, 0.717) is 12.5 Å². The fourth-order valence-electron chi connectivity index (χ4n) is 1.52. The molecule has 1 atom stereocenters. The highest BCUT2D eigenvalue weighted by molar-refractivity contribution is 7.89. The molecule has 0 amide bonds. The Hall–Kier alpha value is -0.170. The maximum atomic E-state index is 10.6. The van der Waals surface area contributed by atoms with E-state index in [1.807, 2.05) is 4.90 Å². The highest BCUT2D eigenvalue weighted by atomic mass is 32.2. The van der Waals surface area contributed by atoms with Gasteiger partial charge in [0.05, 0.1) is 5.75 Å². The lowest BCUT2D eigenvalue weighted by molar-refractivity contribution is 0.224. The summed E-state index contributed by atoms with van der Waals surface area (Å²) in [5.74, 6) is 0.311. The number of nitrogens with zero attached hydrogens (tertiary/aromatic N) is 1. The van der Waals surface area contributed by atoms with Gasteiger partial charge in [-0.2, -0.15) is 0 Å². The Morgan fingerprint density at radius 3 is 2.69 bits per heavy atom. The van der Waals surface area contributed by atoms with Crippen molar-refractivity contribution in [2.45, 2.75) is 6.42 Å². The average Bonchev–Trinajstić information content (AvgIpc) is 2.47. The van der Waals surface area contributed by atoms with Crippen molar-refractivity contribution < 1.29 is 13.5 Å². The van der Waals surface area contributed by atoms with Gasteiger partial charge in [-0.25, -0.2) is 13.6 Å². The first-order valence-corrected chi connectivity index (χ1v) is 6.06. The second-order valence-electron chi connectivity index (χ2n) is 3.50. The first kappa shape index (κ1) is 10.9. The molecule has 1 fully saturated rings. The Kier molecular flexibility index (Phi) is 3.66. The maximum absolute atomic E-state index is 10.6. The molecule has 5 nitrogen and oxygen atoms in total. The number of aliphatic hydroxyl groups is 1. The van der Waals surface area contributed by atoms with Crippen molar-refractivity contribution in [3.8, 4) is 0 Å². The number of hydrogen-bond donors (Lipinski definition) is 2. The first-order valence-electron chi connectivity index (χ1n) is 4.35. The van der Waals surface area contributed by atoms with Crippen molar-refractivity contribution in [3.05, 3.63) is 0 Å². The molecule has 1 saturated heterocycles. The summed E-state index contributed by atoms with van der Waals surface area (Å²) in [6.45, 7) is 2.31. The Balaban J connectivity index is 2.25. The monoisotopic (exact) mass is 208 g/mol. The summed E-state index contributed by atoms with van der Waals surface area (Å²) < 4.78 is 21.3. The molecule has 0 aromatic carbocycles. The van der Waals surface area contributed by atoms with E-state index >= 15 is 0 Å². The normalized spacial score (nSPS) is 25.2. The number of nitrogens with two attached hydrogens (primary N) is 1. The van der Waals surface area contributed by atoms with E-state index < -0.39 is 10.0 Å². The first-order chi connectivity index (χ1) is 6.01. The van der Waals surface area contributed by atoms with Gasteiger partial charge in [0.1, 0.15) is 0 Å². The fourth-order valence-corrected chi connectivity index (χ4v) is 2.03. The zero-order chi connectivity index (χ0) is 9.90. The molecule has 0 spiro atoms. The van der Waals surface area contributed by atoms with Gasteiger partial charge in [-0.1, -0.05) is 0 Å². The molecule has 0 aromatic rings. The van der Waals surface area contributed by atoms with E-state index in [1.54, 1.807) is 0 Å². The van der Waals surface area contributed by atoms with Crippen molar-refractivity contribution in [3.63, 3.8) is 0 Å². The predicted octanol–water partition coefficient (Wildman–Crippen LogP) is -1.41. The molecule has 0 aromatic heterocycles. The Morgan fingerprint density at radius 1 is 1.54 bits per heavy atom. The lowest BCUT2D eigenvalue weighted by Gasteiger charge is -2.13. The number of likely N-dealkylation sites (tertiary alicyclic amines) is 1. The van der Waals surface area contributed by atoms with Crippen LogP contribution in [0.1, 0.15) is 6.42 Å². The van der Waals surface area contributed by atoms with Crippen molar-refractivity contribution in [2.75, 3.05) is 32.0 Å². The zero-order valence-corrected chi connectivity index (χ0v) is 8.33. The van der Waals surface area contributed by atoms with E-state index in [9.17, 15) is 8.42 Å². The van der Waals surface area contributed by atoms with Gasteiger partial charge in [-0.05, 0) is 18.9 Å². The molecule has 0 radical (unpaired) electrons. The molecule has 1 aliphatic heterocycles. The van der Waals surface area contributed by atoms with E-state index in [0.717, 1.165) is 19.5 Å². The van der Waals surface area contributed by atoms with Gasteiger partial charge in [0.25, 0.3) is 0 Å². The summed E-state index contributed by atoms with van der Waals surface area (Å²) >= 11 is 0. The van der Waals surface area contributed by atoms with Crippen molar-refractivity contribution in [1.82, 2.24) is 4.90 Å². The summed E-state index contributed by atoms with van der Waals surface area (Å²) in [4.78, 5) is 2.02. The van der Waals surface area contributed by atoms with Crippen LogP contribution < -0.4 is 5.14 Å². The zero-order valence-electron chi connectivity index (χ0n) is 7.52. The van der Waals surface area contributed by atoms with E-state index in [1.165, 1.54) is 0 Å². The van der Waals surface area contributed by atoms with Crippen LogP contribution in [0.5, 0.6) is 0 Å². The van der Waals surface area contributed by atoms with Gasteiger partial charge in [-0.3, -0.25) is 0 Å². The molecule has 0 aliphatic carbocycles. The van der Waals surface area contributed by atoms with Crippen LogP contribution in [0.3, 0.4) is 0 Å². The van der Waals surface area contributed by atoms with Crippen LogP contribution in [0.2, 0.25) is 0 Å². The third kappa shape index (κ3) is 4.04. The summed E-state index contributed by atoms with van der Waals surface area (Å²) in [5, 5.41) is 13.7. The second kappa shape index (κ2) is 4.36. The number of aliphatic hydroxyl groups excluding tert-OH is 1. The highest BCUT2D eigenvalue weighted by Crippen LogP contribution is 2.14. The summed E-state index contributed by atoms with van der Waals surface area (Å²) in [5.41, 5.74) is 0. The molecule has 6 heteroatoms. The van der Waals surface area contributed by atoms with Crippen LogP contribution >= 0.6 is 0 Å². The van der Waals surface area contributed by atoms with Gasteiger partial charge in [0, 0.05) is 19.7 Å². The molecule has 1 unspecified atom stereocenters. The Morgan fingerprint density at radius 2 is 2.23 bits per heavy atom. The van der Waals surface area contributed by atoms with Gasteiger partial charge in [0.15, 0.2) is 0 Å². The van der Waals surface area contributed by atoms with Gasteiger partial charge in [-0.15, -0.1) is 0 Å². The van der Waals surface area contributed by atoms with E-state index in [-0.39, 0.29) is 12.4 Å². The van der Waals surface area contributed by atoms with Crippen LogP contribution in [0.15, 0.2) is 0 Å². The minimum Gasteiger partial charge on any atom is -0.396 e. The van der Waals surface area contributed by atoms with Gasteiger partial charge < -0.3 is 10.0 Å². The maximum Gasteiger partial charge on any atom is 0.210 e. The molecule has 0 bridgehead atoms. The fraction of sp³-hybridized carbons (Fsp3) is 1.00. The molecule has 0 saturated carbocycles. The number of primary sulfonamides is 1. The lowest BCUT2D eigenvalue weighted by Crippen LogP contribution is -2.30. The Labute approximate surface area is 78.6 Å². The highest BCUT2D eigenvalue weighted by Gasteiger charge is 2.22. The minimum atomic E-state index is -3.34. The SMILES string of the molecule is NS(=O)(=O)CCN1CCC(CO)C1. The smallest absolute Gasteiger partial charge is 0.210 e. The van der Waals surface area contributed by atoms with Crippen LogP contribution in [0, 0.1) is 5.92 Å². The van der Waals surface area contributed by atoms with Crippen molar-refractivity contribution in [2.24, 2.45) is 11.1 Å². The number of hydrogen-bond acceptors (Lipinski definition) is 4. The predicted molar refractivity (Wildman–Crippen MR) is 49.6 cm³/mol. The van der Waals surface area contributed by atoms with Crippen LogP contribution in [0.25, 0.3) is 0 Å². The summed E-state index contributed by atoms with van der Waals surface area (Å²) in [7, 11) is -3.34. The number of sulfonamides is 1. The molecule has 1 rings (SSSR count). The van der Waals surface area contributed by atoms with Gasteiger partial charge in [0.2, 0.25) is 10.0 Å². The topological polar surface area (TPSA) is 83.6 Å². The molecule has 78 valence electrons. The largest absolute Gasteiger partial charge is 0.396 e. The second-order valence-corrected chi connectivity index (χ2v) is 5.24. The minimum absolute atomic E-state index is 0.00511. The summed E-state index contributed by atoms with van der Waals surface area (Å²) in [6, 6.07) is 0. The average molecular weight is 208 g/mol. The summed E-state index contributed by atoms with van der Waals surface area (Å²) in [6.07, 6.45) is 0.946. The molecule has 3 N–H and O–H groups in total. The molecular weight excluding hydrogens is 192 g/mol. The third-order valence-corrected chi connectivity index (χ3v) is 3.07. The van der Waals surface area contributed by atoms with Crippen LogP contribution in [-0.2, 0) is 10.0 Å². The van der Waals surface area contributed by atoms with Crippen LogP contribution in [0.4, 0.5) is 0 Å². The lowest BCUT2D eigenvalue weighted by atomic mass is 10.1. The molecular formula is C7H16N2O3S. The number of rotatable bonds is 4. The van der Waals surface area contributed by atoms with Gasteiger partial charge >= 0.3 is 0 Å². The third-order valence-electron chi connectivity index (χ3n) is 2.32. The molecule has 1 heterocycles. The van der Waals surface area contributed by atoms with E-state index in [4.69, 9.17) is 10.2 Å². The van der Waals surface area contributed by atoms with Crippen LogP contribution in [-0.4, -0.2) is 50.4 Å². The van der Waals surface area contributed by atoms with E-state index in [2.05, 4.69) is 0 Å². The molecule has 13 heavy (non-hydrogen) atoms. The standard InChI is InChI=1S/C7H16N2O3S/c8-13(11,12)4-3-9-2-1-7(5-9)6-10/h7,10H,1-6H2,(H2,8,11,12). The Bertz CT molecular complexity index is 252. The molecule has 1 aliphatic rings. The van der Waals surface area contributed by atoms with Crippen molar-refractivity contribution >= 4 is 10.0 Å². The quantitative estimate of drug-likeness (QED) is 0.594.